The van der Waals surface area contributed by atoms with Crippen molar-refractivity contribution in [3.8, 4) is 6.07 Å². The number of nitrogens with zero attached hydrogens (tertiary/aromatic N) is 3. The highest BCUT2D eigenvalue weighted by atomic mass is 32.2. The summed E-state index contributed by atoms with van der Waals surface area (Å²) in [5.74, 6) is -1.38. The van der Waals surface area contributed by atoms with Crippen LogP contribution in [0.1, 0.15) is 32.6 Å². The van der Waals surface area contributed by atoms with Crippen molar-refractivity contribution in [3.05, 3.63) is 112 Å². The summed E-state index contributed by atoms with van der Waals surface area (Å²) in [7, 11) is 0. The molecule has 0 unspecified atom stereocenters. The summed E-state index contributed by atoms with van der Waals surface area (Å²) in [5, 5.41) is 19.2. The number of benzene rings is 3. The Morgan fingerprint density at radius 3 is 2.58 bits per heavy atom. The van der Waals surface area contributed by atoms with E-state index in [1.165, 1.54) is 0 Å². The van der Waals surface area contributed by atoms with Crippen molar-refractivity contribution in [2.75, 3.05) is 0 Å². The molecule has 36 heavy (non-hydrogen) atoms. The predicted octanol–water partition coefficient (Wildman–Crippen LogP) is 5.50. The summed E-state index contributed by atoms with van der Waals surface area (Å²) in [5.41, 5.74) is 3.79. The number of carbonyl (C=O) groups excluding carboxylic acids is 2. The maximum absolute atomic E-state index is 13.1. The lowest BCUT2D eigenvalue weighted by atomic mass is 10.1. The summed E-state index contributed by atoms with van der Waals surface area (Å²) in [6.07, 6.45) is 3.62. The molecule has 7 nitrogen and oxygen atoms in total. The second-order valence-electron chi connectivity index (χ2n) is 8.27. The Hall–Kier alpha value is -4.61. The van der Waals surface area contributed by atoms with Crippen molar-refractivity contribution in [1.82, 2.24) is 9.47 Å². The Labute approximate surface area is 210 Å². The number of thioether (sulfide) groups is 1. The first-order valence-corrected chi connectivity index (χ1v) is 11.9. The summed E-state index contributed by atoms with van der Waals surface area (Å²) >= 11 is 0.877. The Balaban J connectivity index is 1.46. The van der Waals surface area contributed by atoms with Gasteiger partial charge in [-0.25, -0.2) is 4.79 Å². The van der Waals surface area contributed by atoms with Crippen LogP contribution in [0.2, 0.25) is 0 Å². The number of rotatable bonds is 6. The number of aromatic carboxylic acids is 1. The van der Waals surface area contributed by atoms with Gasteiger partial charge in [-0.05, 0) is 53.2 Å². The highest BCUT2D eigenvalue weighted by molar-refractivity contribution is 8.18. The highest BCUT2D eigenvalue weighted by Gasteiger charge is 2.35. The van der Waals surface area contributed by atoms with Crippen LogP contribution in [-0.2, 0) is 17.9 Å². The van der Waals surface area contributed by atoms with Crippen molar-refractivity contribution in [1.29, 1.82) is 5.26 Å². The second-order valence-corrected chi connectivity index (χ2v) is 9.27. The number of imide groups is 1. The lowest BCUT2D eigenvalue weighted by molar-refractivity contribution is -0.123. The van der Waals surface area contributed by atoms with Crippen LogP contribution >= 0.6 is 11.8 Å². The maximum atomic E-state index is 13.1. The number of carbonyl (C=O) groups is 3. The highest BCUT2D eigenvalue weighted by Crippen LogP contribution is 2.35. The number of hydrogen-bond acceptors (Lipinski definition) is 5. The zero-order valence-corrected chi connectivity index (χ0v) is 19.7. The molecule has 1 aliphatic rings. The van der Waals surface area contributed by atoms with Crippen LogP contribution in [0.5, 0.6) is 0 Å². The van der Waals surface area contributed by atoms with Crippen LogP contribution in [0, 0.1) is 11.3 Å². The molecule has 0 bridgehead atoms. The minimum absolute atomic E-state index is 0.0351. The molecule has 0 aliphatic carbocycles. The van der Waals surface area contributed by atoms with Gasteiger partial charge in [0, 0.05) is 29.2 Å². The third-order valence-electron chi connectivity index (χ3n) is 5.97. The van der Waals surface area contributed by atoms with Crippen molar-refractivity contribution < 1.29 is 19.5 Å². The van der Waals surface area contributed by atoms with Gasteiger partial charge >= 0.3 is 5.97 Å². The van der Waals surface area contributed by atoms with Crippen molar-refractivity contribution in [2.45, 2.75) is 13.1 Å². The quantitative estimate of drug-likeness (QED) is 0.356. The number of para-hydroxylation sites is 1. The van der Waals surface area contributed by atoms with Gasteiger partial charge in [-0.1, -0.05) is 48.5 Å². The molecule has 4 aromatic rings. The fourth-order valence-electron chi connectivity index (χ4n) is 4.24. The zero-order valence-electron chi connectivity index (χ0n) is 18.9. The molecule has 2 heterocycles. The Kier molecular flexibility index (Phi) is 6.15. The van der Waals surface area contributed by atoms with Gasteiger partial charge in [0.05, 0.1) is 28.6 Å². The fourth-order valence-corrected chi connectivity index (χ4v) is 5.06. The molecule has 176 valence electrons. The van der Waals surface area contributed by atoms with E-state index in [4.69, 9.17) is 0 Å². The smallest absolute Gasteiger partial charge is 0.335 e. The number of hydrogen-bond donors (Lipinski definition) is 1. The maximum Gasteiger partial charge on any atom is 0.335 e. The first-order valence-electron chi connectivity index (χ1n) is 11.1. The summed E-state index contributed by atoms with van der Waals surface area (Å²) in [6, 6.07) is 23.5. The Morgan fingerprint density at radius 1 is 1.00 bits per heavy atom. The molecule has 5 rings (SSSR count). The predicted molar refractivity (Wildman–Crippen MR) is 137 cm³/mol. The molecule has 0 radical (unpaired) electrons. The third-order valence-corrected chi connectivity index (χ3v) is 6.88. The molecule has 1 aromatic heterocycles. The molecule has 1 fully saturated rings. The summed E-state index contributed by atoms with van der Waals surface area (Å²) < 4.78 is 2.00. The van der Waals surface area contributed by atoms with Crippen LogP contribution < -0.4 is 0 Å². The molecule has 3 aromatic carbocycles. The molecule has 0 saturated carbocycles. The average molecular weight is 494 g/mol. The first kappa shape index (κ1) is 23.1. The fraction of sp³-hybridized carbons (Fsp3) is 0.0714. The lowest BCUT2D eigenvalue weighted by Gasteiger charge is -2.13. The molecular weight excluding hydrogens is 474 g/mol. The summed E-state index contributed by atoms with van der Waals surface area (Å²) in [4.78, 5) is 38.6. The van der Waals surface area contributed by atoms with E-state index in [-0.39, 0.29) is 17.3 Å². The van der Waals surface area contributed by atoms with Crippen LogP contribution in [0.4, 0.5) is 4.79 Å². The van der Waals surface area contributed by atoms with E-state index in [1.54, 1.807) is 48.5 Å². The standard InChI is InChI=1S/C28H19N3O4S/c29-14-20-7-1-2-8-21(20)17-31-26(32)25(36-28(31)35)13-22-16-30(24-11-4-3-10-23(22)24)15-18-6-5-9-19(12-18)27(33)34/h1-13,16H,15,17H2,(H,33,34). The van der Waals surface area contributed by atoms with Gasteiger partial charge in [0.1, 0.15) is 0 Å². The number of carboxylic acid groups (broad SMARTS) is 1. The first-order chi connectivity index (χ1) is 17.4. The van der Waals surface area contributed by atoms with Crippen molar-refractivity contribution in [2.24, 2.45) is 0 Å². The number of aromatic nitrogens is 1. The van der Waals surface area contributed by atoms with E-state index < -0.39 is 11.9 Å². The molecule has 1 N–H and O–H groups in total. The molecule has 1 saturated heterocycles. The molecule has 0 spiro atoms. The number of amides is 2. The lowest BCUT2D eigenvalue weighted by Crippen LogP contribution is -2.27. The number of fused-ring (bicyclic) bond motifs is 1. The minimum atomic E-state index is -0.983. The third kappa shape index (κ3) is 4.40. The van der Waals surface area contributed by atoms with E-state index >= 15 is 0 Å². The normalized spacial score (nSPS) is 14.5. The largest absolute Gasteiger partial charge is 0.478 e. The second kappa shape index (κ2) is 9.56. The molecule has 2 amide bonds. The van der Waals surface area contributed by atoms with E-state index in [0.717, 1.165) is 38.7 Å². The minimum Gasteiger partial charge on any atom is -0.478 e. The van der Waals surface area contributed by atoms with Crippen LogP contribution in [0.15, 0.2) is 83.9 Å². The van der Waals surface area contributed by atoms with Gasteiger partial charge < -0.3 is 9.67 Å². The van der Waals surface area contributed by atoms with Gasteiger partial charge in [-0.15, -0.1) is 0 Å². The number of nitriles is 1. The van der Waals surface area contributed by atoms with Crippen LogP contribution in [-0.4, -0.2) is 31.7 Å². The van der Waals surface area contributed by atoms with E-state index in [2.05, 4.69) is 6.07 Å². The van der Waals surface area contributed by atoms with Crippen LogP contribution in [0.25, 0.3) is 17.0 Å². The number of carboxylic acids is 1. The van der Waals surface area contributed by atoms with Gasteiger partial charge in [-0.3, -0.25) is 14.5 Å². The summed E-state index contributed by atoms with van der Waals surface area (Å²) in [6.45, 7) is 0.481. The monoisotopic (exact) mass is 493 g/mol. The van der Waals surface area contributed by atoms with Gasteiger partial charge in [0.15, 0.2) is 0 Å². The SMILES string of the molecule is N#Cc1ccccc1CN1C(=O)SC(=Cc2cn(Cc3cccc(C(=O)O)c3)c3ccccc23)C1=O. The Morgan fingerprint density at radius 2 is 1.78 bits per heavy atom. The Bertz CT molecular complexity index is 1610. The topological polar surface area (TPSA) is 103 Å². The van der Waals surface area contributed by atoms with Crippen molar-refractivity contribution in [3.63, 3.8) is 0 Å². The van der Waals surface area contributed by atoms with Crippen LogP contribution in [0.3, 0.4) is 0 Å². The van der Waals surface area contributed by atoms with Gasteiger partial charge in [0.2, 0.25) is 0 Å². The molecular formula is C28H19N3O4S. The average Bonchev–Trinajstić information content (AvgIpc) is 3.36. The van der Waals surface area contributed by atoms with E-state index in [0.29, 0.717) is 22.6 Å². The zero-order chi connectivity index (χ0) is 25.2. The molecule has 8 heteroatoms. The van der Waals surface area contributed by atoms with Gasteiger partial charge in [-0.2, -0.15) is 5.26 Å². The van der Waals surface area contributed by atoms with Crippen molar-refractivity contribution >= 4 is 45.9 Å². The van der Waals surface area contributed by atoms with E-state index in [1.807, 2.05) is 41.1 Å². The van der Waals surface area contributed by atoms with E-state index in [9.17, 15) is 24.8 Å². The van der Waals surface area contributed by atoms with Gasteiger partial charge in [0.25, 0.3) is 11.1 Å². The molecule has 1 aliphatic heterocycles. The molecule has 0 atom stereocenters.